The van der Waals surface area contributed by atoms with E-state index < -0.39 is 0 Å². The van der Waals surface area contributed by atoms with Crippen molar-refractivity contribution in [3.63, 3.8) is 0 Å². The lowest BCUT2D eigenvalue weighted by molar-refractivity contribution is 0.678. The van der Waals surface area contributed by atoms with E-state index in [9.17, 15) is 0 Å². The molecule has 0 atom stereocenters. The van der Waals surface area contributed by atoms with Gasteiger partial charge in [-0.15, -0.1) is 0 Å². The van der Waals surface area contributed by atoms with Crippen LogP contribution in [0.1, 0.15) is 24.7 Å². The molecule has 0 saturated heterocycles. The van der Waals surface area contributed by atoms with E-state index in [0.717, 1.165) is 25.3 Å². The maximum absolute atomic E-state index is 4.30. The zero-order valence-electron chi connectivity index (χ0n) is 12.3. The average Bonchev–Trinajstić information content (AvgIpc) is 2.93. The van der Waals surface area contributed by atoms with E-state index in [4.69, 9.17) is 0 Å². The summed E-state index contributed by atoms with van der Waals surface area (Å²) in [6.07, 6.45) is 6.84. The van der Waals surface area contributed by atoms with Crippen molar-refractivity contribution in [1.29, 1.82) is 0 Å². The fourth-order valence-electron chi connectivity index (χ4n) is 2.54. The average molecular weight is 280 g/mol. The Morgan fingerprint density at radius 3 is 2.76 bits per heavy atom. The Kier molecular flexibility index (Phi) is 4.26. The minimum absolute atomic E-state index is 0.705. The highest BCUT2D eigenvalue weighted by Gasteiger charge is 2.06. The molecule has 0 saturated carbocycles. The maximum atomic E-state index is 4.30. The summed E-state index contributed by atoms with van der Waals surface area (Å²) in [7, 11) is 0. The van der Waals surface area contributed by atoms with Gasteiger partial charge in [0.15, 0.2) is 0 Å². The van der Waals surface area contributed by atoms with Crippen molar-refractivity contribution in [2.24, 2.45) is 0 Å². The van der Waals surface area contributed by atoms with E-state index in [1.807, 2.05) is 6.07 Å². The van der Waals surface area contributed by atoms with Crippen LogP contribution in [0.15, 0.2) is 48.9 Å². The summed E-state index contributed by atoms with van der Waals surface area (Å²) in [6, 6.07) is 10.5. The summed E-state index contributed by atoms with van der Waals surface area (Å²) in [4.78, 5) is 8.60. The predicted octanol–water partition coefficient (Wildman–Crippen LogP) is 2.98. The lowest BCUT2D eigenvalue weighted by Crippen LogP contribution is -2.13. The van der Waals surface area contributed by atoms with Gasteiger partial charge in [0, 0.05) is 36.0 Å². The molecule has 0 amide bonds. The van der Waals surface area contributed by atoms with Crippen LogP contribution in [0.5, 0.6) is 0 Å². The summed E-state index contributed by atoms with van der Waals surface area (Å²) in [6.45, 7) is 4.85. The molecule has 1 aromatic carbocycles. The predicted molar refractivity (Wildman–Crippen MR) is 85.1 cm³/mol. The minimum Gasteiger partial charge on any atom is -0.340 e. The first-order valence-corrected chi connectivity index (χ1v) is 7.42. The van der Waals surface area contributed by atoms with Crippen LogP contribution in [0.4, 0.5) is 0 Å². The largest absolute Gasteiger partial charge is 0.340 e. The highest BCUT2D eigenvalue weighted by molar-refractivity contribution is 5.83. The van der Waals surface area contributed by atoms with Crippen LogP contribution >= 0.6 is 0 Å². The summed E-state index contributed by atoms with van der Waals surface area (Å²) in [5.41, 5.74) is 2.58. The monoisotopic (exact) mass is 280 g/mol. The Bertz CT molecular complexity index is 703. The lowest BCUT2D eigenvalue weighted by atomic mass is 10.1. The first-order chi connectivity index (χ1) is 10.4. The molecule has 1 N–H and O–H groups in total. The van der Waals surface area contributed by atoms with Gasteiger partial charge in [-0.1, -0.05) is 19.1 Å². The van der Waals surface area contributed by atoms with E-state index in [2.05, 4.69) is 57.2 Å². The SMILES string of the molecule is CCCNCc1cccc2c1ccn2Cc1ncccn1. The highest BCUT2D eigenvalue weighted by Crippen LogP contribution is 2.20. The van der Waals surface area contributed by atoms with Crippen LogP contribution in [-0.4, -0.2) is 21.1 Å². The Morgan fingerprint density at radius 1 is 1.10 bits per heavy atom. The zero-order valence-corrected chi connectivity index (χ0v) is 12.3. The molecule has 0 aliphatic carbocycles. The number of fused-ring (bicyclic) bond motifs is 1. The molecular formula is C17H20N4. The zero-order chi connectivity index (χ0) is 14.5. The molecule has 0 fully saturated rings. The Labute approximate surface area is 124 Å². The molecule has 0 aliphatic heterocycles. The third-order valence-electron chi connectivity index (χ3n) is 3.58. The molecule has 108 valence electrons. The number of nitrogens with one attached hydrogen (secondary N) is 1. The van der Waals surface area contributed by atoms with Gasteiger partial charge in [-0.3, -0.25) is 0 Å². The Balaban J connectivity index is 1.86. The quantitative estimate of drug-likeness (QED) is 0.706. The Hall–Kier alpha value is -2.20. The molecule has 0 radical (unpaired) electrons. The van der Waals surface area contributed by atoms with Crippen molar-refractivity contribution in [2.45, 2.75) is 26.4 Å². The molecule has 4 heteroatoms. The van der Waals surface area contributed by atoms with Gasteiger partial charge < -0.3 is 9.88 Å². The molecule has 0 aliphatic rings. The fourth-order valence-corrected chi connectivity index (χ4v) is 2.54. The van der Waals surface area contributed by atoms with Gasteiger partial charge >= 0.3 is 0 Å². The van der Waals surface area contributed by atoms with Crippen LogP contribution < -0.4 is 5.32 Å². The van der Waals surface area contributed by atoms with Crippen molar-refractivity contribution in [3.05, 3.63) is 60.3 Å². The first kappa shape index (κ1) is 13.8. The van der Waals surface area contributed by atoms with Gasteiger partial charge in [0.1, 0.15) is 5.82 Å². The minimum atomic E-state index is 0.705. The third-order valence-corrected chi connectivity index (χ3v) is 3.58. The van der Waals surface area contributed by atoms with Crippen LogP contribution in [-0.2, 0) is 13.1 Å². The van der Waals surface area contributed by atoms with Crippen molar-refractivity contribution < 1.29 is 0 Å². The number of rotatable bonds is 6. The molecule has 21 heavy (non-hydrogen) atoms. The smallest absolute Gasteiger partial charge is 0.147 e. The molecule has 2 heterocycles. The number of hydrogen-bond donors (Lipinski definition) is 1. The molecule has 3 rings (SSSR count). The number of hydrogen-bond acceptors (Lipinski definition) is 3. The van der Waals surface area contributed by atoms with Gasteiger partial charge in [0.25, 0.3) is 0 Å². The lowest BCUT2D eigenvalue weighted by Gasteiger charge is -2.07. The molecule has 2 aromatic heterocycles. The van der Waals surface area contributed by atoms with Gasteiger partial charge in [0.05, 0.1) is 6.54 Å². The van der Waals surface area contributed by atoms with Gasteiger partial charge in [0.2, 0.25) is 0 Å². The second kappa shape index (κ2) is 6.50. The van der Waals surface area contributed by atoms with Crippen LogP contribution in [0.2, 0.25) is 0 Å². The summed E-state index contributed by atoms with van der Waals surface area (Å²) >= 11 is 0. The topological polar surface area (TPSA) is 42.7 Å². The van der Waals surface area contributed by atoms with E-state index in [1.165, 1.54) is 16.5 Å². The summed E-state index contributed by atoms with van der Waals surface area (Å²) in [5, 5.41) is 4.77. The van der Waals surface area contributed by atoms with Crippen molar-refractivity contribution in [2.75, 3.05) is 6.54 Å². The summed E-state index contributed by atoms with van der Waals surface area (Å²) < 4.78 is 2.20. The standard InChI is InChI=1S/C17H20N4/c1-2-8-18-12-14-5-3-6-16-15(14)7-11-21(16)13-17-19-9-4-10-20-17/h3-7,9-11,18H,2,8,12-13H2,1H3. The van der Waals surface area contributed by atoms with Gasteiger partial charge in [-0.05, 0) is 36.7 Å². The second-order valence-corrected chi connectivity index (χ2v) is 5.14. The van der Waals surface area contributed by atoms with E-state index >= 15 is 0 Å². The highest BCUT2D eigenvalue weighted by atomic mass is 15.0. The van der Waals surface area contributed by atoms with E-state index in [1.54, 1.807) is 12.4 Å². The van der Waals surface area contributed by atoms with Gasteiger partial charge in [-0.25, -0.2) is 9.97 Å². The summed E-state index contributed by atoms with van der Waals surface area (Å²) in [5.74, 6) is 0.838. The van der Waals surface area contributed by atoms with E-state index in [0.29, 0.717) is 6.54 Å². The molecule has 0 unspecified atom stereocenters. The number of benzene rings is 1. The third kappa shape index (κ3) is 3.11. The van der Waals surface area contributed by atoms with Crippen molar-refractivity contribution >= 4 is 10.9 Å². The number of aromatic nitrogens is 3. The molecular weight excluding hydrogens is 260 g/mol. The molecule has 0 spiro atoms. The molecule has 0 bridgehead atoms. The van der Waals surface area contributed by atoms with Crippen LogP contribution in [0.3, 0.4) is 0 Å². The van der Waals surface area contributed by atoms with Crippen LogP contribution in [0.25, 0.3) is 10.9 Å². The maximum Gasteiger partial charge on any atom is 0.147 e. The van der Waals surface area contributed by atoms with E-state index in [-0.39, 0.29) is 0 Å². The normalized spacial score (nSPS) is 11.1. The van der Waals surface area contributed by atoms with Crippen molar-refractivity contribution in [1.82, 2.24) is 19.9 Å². The second-order valence-electron chi connectivity index (χ2n) is 5.14. The fraction of sp³-hybridized carbons (Fsp3) is 0.294. The Morgan fingerprint density at radius 2 is 1.95 bits per heavy atom. The van der Waals surface area contributed by atoms with Crippen LogP contribution in [0, 0.1) is 0 Å². The van der Waals surface area contributed by atoms with Crippen molar-refractivity contribution in [3.8, 4) is 0 Å². The number of nitrogens with zero attached hydrogens (tertiary/aromatic N) is 3. The molecule has 3 aromatic rings. The van der Waals surface area contributed by atoms with Gasteiger partial charge in [-0.2, -0.15) is 0 Å². The molecule has 4 nitrogen and oxygen atoms in total. The first-order valence-electron chi connectivity index (χ1n) is 7.42.